The zero-order valence-electron chi connectivity index (χ0n) is 11.5. The predicted molar refractivity (Wildman–Crippen MR) is 78.5 cm³/mol. The second-order valence-corrected chi connectivity index (χ2v) is 4.54. The lowest BCUT2D eigenvalue weighted by Crippen LogP contribution is -2.03. The Morgan fingerprint density at radius 3 is 2.70 bits per heavy atom. The van der Waals surface area contributed by atoms with E-state index in [1.54, 1.807) is 26.2 Å². The molecule has 4 heteroatoms. The van der Waals surface area contributed by atoms with Gasteiger partial charge in [-0.3, -0.25) is 0 Å². The lowest BCUT2D eigenvalue weighted by atomic mass is 10.1. The van der Waals surface area contributed by atoms with Crippen molar-refractivity contribution in [1.82, 2.24) is 0 Å². The summed E-state index contributed by atoms with van der Waals surface area (Å²) in [7, 11) is 1.64. The number of ether oxygens (including phenoxy) is 1. The standard InChI is InChI=1S/C16H17NO3/c1-11-8-13(6-7-15(11)16(18)19)17-10-12-4-3-5-14(9-12)20-2/h3-9,17H,10H2,1-2H3,(H,18,19). The Morgan fingerprint density at radius 2 is 2.05 bits per heavy atom. The molecule has 0 bridgehead atoms. The van der Waals surface area contributed by atoms with Gasteiger partial charge in [-0.15, -0.1) is 0 Å². The molecule has 0 aromatic heterocycles. The van der Waals surface area contributed by atoms with Crippen molar-refractivity contribution in [1.29, 1.82) is 0 Å². The van der Waals surface area contributed by atoms with Gasteiger partial charge >= 0.3 is 5.97 Å². The largest absolute Gasteiger partial charge is 0.497 e. The van der Waals surface area contributed by atoms with Gasteiger partial charge in [0.05, 0.1) is 12.7 Å². The smallest absolute Gasteiger partial charge is 0.335 e. The van der Waals surface area contributed by atoms with Crippen LogP contribution in [-0.2, 0) is 6.54 Å². The number of benzene rings is 2. The molecule has 2 aromatic carbocycles. The highest BCUT2D eigenvalue weighted by atomic mass is 16.5. The van der Waals surface area contributed by atoms with E-state index in [2.05, 4.69) is 5.32 Å². The van der Waals surface area contributed by atoms with Crippen LogP contribution in [0.3, 0.4) is 0 Å². The molecular weight excluding hydrogens is 254 g/mol. The SMILES string of the molecule is COc1cccc(CNc2ccc(C(=O)O)c(C)c2)c1. The van der Waals surface area contributed by atoms with Gasteiger partial charge in [0.2, 0.25) is 0 Å². The number of nitrogens with one attached hydrogen (secondary N) is 1. The van der Waals surface area contributed by atoms with Crippen LogP contribution in [0.1, 0.15) is 21.5 Å². The van der Waals surface area contributed by atoms with Crippen LogP contribution in [-0.4, -0.2) is 18.2 Å². The summed E-state index contributed by atoms with van der Waals surface area (Å²) in [5.74, 6) is -0.0800. The molecule has 0 aliphatic rings. The summed E-state index contributed by atoms with van der Waals surface area (Å²) in [6, 6.07) is 13.0. The van der Waals surface area contributed by atoms with Gasteiger partial charge in [-0.25, -0.2) is 4.79 Å². The van der Waals surface area contributed by atoms with E-state index in [0.29, 0.717) is 12.1 Å². The lowest BCUT2D eigenvalue weighted by Gasteiger charge is -2.09. The highest BCUT2D eigenvalue weighted by Crippen LogP contribution is 2.17. The maximum absolute atomic E-state index is 10.9. The van der Waals surface area contributed by atoms with Crippen molar-refractivity contribution in [2.24, 2.45) is 0 Å². The van der Waals surface area contributed by atoms with Gasteiger partial charge < -0.3 is 15.2 Å². The minimum absolute atomic E-state index is 0.330. The molecule has 0 unspecified atom stereocenters. The first-order valence-electron chi connectivity index (χ1n) is 6.31. The predicted octanol–water partition coefficient (Wildman–Crippen LogP) is 3.31. The van der Waals surface area contributed by atoms with E-state index in [1.165, 1.54) is 0 Å². The van der Waals surface area contributed by atoms with Crippen LogP contribution in [0.5, 0.6) is 5.75 Å². The van der Waals surface area contributed by atoms with Gasteiger partial charge in [-0.05, 0) is 48.4 Å². The molecule has 0 saturated carbocycles. The van der Waals surface area contributed by atoms with Gasteiger partial charge in [-0.2, -0.15) is 0 Å². The number of aryl methyl sites for hydroxylation is 1. The van der Waals surface area contributed by atoms with Crippen molar-refractivity contribution in [2.45, 2.75) is 13.5 Å². The molecule has 0 heterocycles. The van der Waals surface area contributed by atoms with E-state index in [-0.39, 0.29) is 0 Å². The quantitative estimate of drug-likeness (QED) is 0.876. The normalized spacial score (nSPS) is 10.1. The Kier molecular flexibility index (Phi) is 4.25. The van der Waals surface area contributed by atoms with Crippen LogP contribution in [0, 0.1) is 6.92 Å². The van der Waals surface area contributed by atoms with E-state index in [0.717, 1.165) is 22.6 Å². The third-order valence-electron chi connectivity index (χ3n) is 3.09. The average molecular weight is 271 g/mol. The van der Waals surface area contributed by atoms with Crippen LogP contribution >= 0.6 is 0 Å². The first-order valence-corrected chi connectivity index (χ1v) is 6.31. The highest BCUT2D eigenvalue weighted by molar-refractivity contribution is 5.89. The van der Waals surface area contributed by atoms with E-state index in [9.17, 15) is 4.79 Å². The van der Waals surface area contributed by atoms with Crippen LogP contribution in [0.2, 0.25) is 0 Å². The molecule has 2 aromatic rings. The van der Waals surface area contributed by atoms with Crippen LogP contribution in [0.4, 0.5) is 5.69 Å². The monoisotopic (exact) mass is 271 g/mol. The van der Waals surface area contributed by atoms with Crippen molar-refractivity contribution in [3.8, 4) is 5.75 Å². The maximum atomic E-state index is 10.9. The van der Waals surface area contributed by atoms with Crippen LogP contribution < -0.4 is 10.1 Å². The summed E-state index contributed by atoms with van der Waals surface area (Å²) in [5, 5.41) is 12.3. The summed E-state index contributed by atoms with van der Waals surface area (Å²) < 4.78 is 5.18. The summed E-state index contributed by atoms with van der Waals surface area (Å²) >= 11 is 0. The van der Waals surface area contributed by atoms with Crippen molar-refractivity contribution in [2.75, 3.05) is 12.4 Å². The molecule has 0 aliphatic heterocycles. The minimum atomic E-state index is -0.901. The molecule has 2 rings (SSSR count). The number of methoxy groups -OCH3 is 1. The van der Waals surface area contributed by atoms with Gasteiger partial charge in [0.25, 0.3) is 0 Å². The summed E-state index contributed by atoms with van der Waals surface area (Å²) in [4.78, 5) is 10.9. The number of carbonyl (C=O) groups is 1. The number of aromatic carboxylic acids is 1. The molecule has 0 fully saturated rings. The molecule has 0 radical (unpaired) electrons. The van der Waals surface area contributed by atoms with Gasteiger partial charge in [-0.1, -0.05) is 12.1 Å². The molecule has 0 saturated heterocycles. The van der Waals surface area contributed by atoms with Gasteiger partial charge in [0, 0.05) is 12.2 Å². The Labute approximate surface area is 118 Å². The number of hydrogen-bond acceptors (Lipinski definition) is 3. The molecule has 0 amide bonds. The van der Waals surface area contributed by atoms with Gasteiger partial charge in [0.1, 0.15) is 5.75 Å². The van der Waals surface area contributed by atoms with E-state index >= 15 is 0 Å². The second-order valence-electron chi connectivity index (χ2n) is 4.54. The lowest BCUT2D eigenvalue weighted by molar-refractivity contribution is 0.0696. The zero-order valence-corrected chi connectivity index (χ0v) is 11.5. The summed E-state index contributed by atoms with van der Waals surface area (Å²) in [5.41, 5.74) is 3.07. The zero-order chi connectivity index (χ0) is 14.5. The molecule has 0 aliphatic carbocycles. The highest BCUT2D eigenvalue weighted by Gasteiger charge is 2.06. The van der Waals surface area contributed by atoms with Crippen molar-refractivity contribution < 1.29 is 14.6 Å². The Morgan fingerprint density at radius 1 is 1.25 bits per heavy atom. The van der Waals surface area contributed by atoms with E-state index in [4.69, 9.17) is 9.84 Å². The Bertz CT molecular complexity index is 623. The number of anilines is 1. The van der Waals surface area contributed by atoms with E-state index < -0.39 is 5.97 Å². The average Bonchev–Trinajstić information content (AvgIpc) is 2.45. The van der Waals surface area contributed by atoms with Crippen molar-refractivity contribution in [3.63, 3.8) is 0 Å². The minimum Gasteiger partial charge on any atom is -0.497 e. The summed E-state index contributed by atoms with van der Waals surface area (Å²) in [6.45, 7) is 2.45. The number of carboxylic acid groups (broad SMARTS) is 1. The van der Waals surface area contributed by atoms with Crippen molar-refractivity contribution >= 4 is 11.7 Å². The number of rotatable bonds is 5. The fourth-order valence-corrected chi connectivity index (χ4v) is 2.00. The third-order valence-corrected chi connectivity index (χ3v) is 3.09. The molecule has 104 valence electrons. The third kappa shape index (κ3) is 3.29. The molecule has 4 nitrogen and oxygen atoms in total. The number of hydrogen-bond donors (Lipinski definition) is 2. The van der Waals surface area contributed by atoms with Gasteiger partial charge in [0.15, 0.2) is 0 Å². The van der Waals surface area contributed by atoms with Crippen LogP contribution in [0.25, 0.3) is 0 Å². The topological polar surface area (TPSA) is 58.6 Å². The second kappa shape index (κ2) is 6.10. The summed E-state index contributed by atoms with van der Waals surface area (Å²) in [6.07, 6.45) is 0. The molecule has 0 spiro atoms. The first-order chi connectivity index (χ1) is 9.60. The molecule has 20 heavy (non-hydrogen) atoms. The Hall–Kier alpha value is -2.49. The maximum Gasteiger partial charge on any atom is 0.335 e. The fraction of sp³-hybridized carbons (Fsp3) is 0.188. The molecule has 2 N–H and O–H groups in total. The number of carboxylic acids is 1. The Balaban J connectivity index is 2.07. The molecular formula is C16H17NO3. The molecule has 0 atom stereocenters. The fourth-order valence-electron chi connectivity index (χ4n) is 2.00. The first kappa shape index (κ1) is 13.9. The van der Waals surface area contributed by atoms with Crippen LogP contribution in [0.15, 0.2) is 42.5 Å². The van der Waals surface area contributed by atoms with E-state index in [1.807, 2.05) is 30.3 Å². The van der Waals surface area contributed by atoms with Crippen molar-refractivity contribution in [3.05, 3.63) is 59.2 Å².